The highest BCUT2D eigenvalue weighted by molar-refractivity contribution is 9.10. The van der Waals surface area contributed by atoms with E-state index >= 15 is 0 Å². The molecule has 0 aromatic heterocycles. The number of rotatable bonds is 4. The zero-order valence-electron chi connectivity index (χ0n) is 6.90. The third kappa shape index (κ3) is 3.16. The van der Waals surface area contributed by atoms with Crippen molar-refractivity contribution in [2.24, 2.45) is 0 Å². The van der Waals surface area contributed by atoms with E-state index in [1.807, 2.05) is 0 Å². The standard InChI is InChI=1S/C9H9BrClFO/c10-7-3-1-4-8(9(7)12)13-6-2-5-11/h1,3-4H,2,5-6H2. The van der Waals surface area contributed by atoms with E-state index in [2.05, 4.69) is 15.9 Å². The Bertz CT molecular complexity index is 280. The van der Waals surface area contributed by atoms with Crippen LogP contribution < -0.4 is 4.74 Å². The summed E-state index contributed by atoms with van der Waals surface area (Å²) in [6, 6.07) is 4.95. The summed E-state index contributed by atoms with van der Waals surface area (Å²) >= 11 is 8.53. The molecular formula is C9H9BrClFO. The maximum Gasteiger partial charge on any atom is 0.179 e. The monoisotopic (exact) mass is 266 g/mol. The third-order valence-corrected chi connectivity index (χ3v) is 2.33. The second-order valence-corrected chi connectivity index (χ2v) is 3.68. The van der Waals surface area contributed by atoms with Crippen molar-refractivity contribution in [3.8, 4) is 5.75 Å². The molecule has 72 valence electrons. The van der Waals surface area contributed by atoms with E-state index < -0.39 is 0 Å². The van der Waals surface area contributed by atoms with Crippen molar-refractivity contribution in [3.63, 3.8) is 0 Å². The second-order valence-electron chi connectivity index (χ2n) is 2.44. The first-order chi connectivity index (χ1) is 6.25. The average Bonchev–Trinajstić information content (AvgIpc) is 2.13. The van der Waals surface area contributed by atoms with E-state index in [1.165, 1.54) is 0 Å². The molecule has 0 bridgehead atoms. The van der Waals surface area contributed by atoms with Gasteiger partial charge in [0.2, 0.25) is 0 Å². The number of alkyl halides is 1. The molecule has 0 atom stereocenters. The first-order valence-corrected chi connectivity index (χ1v) is 5.21. The van der Waals surface area contributed by atoms with Gasteiger partial charge in [-0.05, 0) is 34.5 Å². The fraction of sp³-hybridized carbons (Fsp3) is 0.333. The molecule has 0 unspecified atom stereocenters. The minimum atomic E-state index is -0.364. The van der Waals surface area contributed by atoms with Gasteiger partial charge in [-0.25, -0.2) is 4.39 Å². The van der Waals surface area contributed by atoms with Gasteiger partial charge in [-0.2, -0.15) is 0 Å². The molecule has 0 heterocycles. The molecule has 1 rings (SSSR count). The van der Waals surface area contributed by atoms with Gasteiger partial charge < -0.3 is 4.74 Å². The van der Waals surface area contributed by atoms with Crippen LogP contribution in [0.2, 0.25) is 0 Å². The first-order valence-electron chi connectivity index (χ1n) is 3.88. The quantitative estimate of drug-likeness (QED) is 0.598. The number of hydrogen-bond acceptors (Lipinski definition) is 1. The maximum absolute atomic E-state index is 13.2. The van der Waals surface area contributed by atoms with Gasteiger partial charge in [0, 0.05) is 5.88 Å². The van der Waals surface area contributed by atoms with Gasteiger partial charge in [0.15, 0.2) is 11.6 Å². The summed E-state index contributed by atoms with van der Waals surface area (Å²) < 4.78 is 18.8. The minimum absolute atomic E-state index is 0.263. The molecule has 1 nitrogen and oxygen atoms in total. The lowest BCUT2D eigenvalue weighted by Crippen LogP contribution is -1.99. The molecule has 0 spiro atoms. The van der Waals surface area contributed by atoms with Crippen LogP contribution in [0.15, 0.2) is 22.7 Å². The molecule has 0 aliphatic rings. The van der Waals surface area contributed by atoms with Gasteiger partial charge in [-0.3, -0.25) is 0 Å². The fourth-order valence-electron chi connectivity index (χ4n) is 0.832. The van der Waals surface area contributed by atoms with Crippen LogP contribution in [-0.4, -0.2) is 12.5 Å². The highest BCUT2D eigenvalue weighted by atomic mass is 79.9. The lowest BCUT2D eigenvalue weighted by atomic mass is 10.3. The van der Waals surface area contributed by atoms with E-state index in [-0.39, 0.29) is 11.6 Å². The Hall–Kier alpha value is -0.280. The van der Waals surface area contributed by atoms with Gasteiger partial charge in [-0.15, -0.1) is 11.6 Å². The molecule has 0 saturated heterocycles. The first kappa shape index (κ1) is 10.8. The molecule has 1 aromatic rings. The minimum Gasteiger partial charge on any atom is -0.490 e. The molecule has 0 N–H and O–H groups in total. The summed E-state index contributed by atoms with van der Waals surface area (Å²) in [6.07, 6.45) is 0.716. The second kappa shape index (κ2) is 5.45. The lowest BCUT2D eigenvalue weighted by molar-refractivity contribution is 0.301. The SMILES string of the molecule is Fc1c(Br)cccc1OCCCCl. The van der Waals surface area contributed by atoms with E-state index in [1.54, 1.807) is 18.2 Å². The van der Waals surface area contributed by atoms with Crippen molar-refractivity contribution in [1.82, 2.24) is 0 Å². The normalized spacial score (nSPS) is 10.1. The Morgan fingerprint density at radius 1 is 1.46 bits per heavy atom. The van der Waals surface area contributed by atoms with Crippen LogP contribution in [0.1, 0.15) is 6.42 Å². The Kier molecular flexibility index (Phi) is 4.53. The zero-order chi connectivity index (χ0) is 9.68. The number of ether oxygens (including phenoxy) is 1. The summed E-state index contributed by atoms with van der Waals surface area (Å²) in [6.45, 7) is 0.441. The van der Waals surface area contributed by atoms with E-state index in [0.717, 1.165) is 0 Å². The summed E-state index contributed by atoms with van der Waals surface area (Å²) in [7, 11) is 0. The maximum atomic E-state index is 13.2. The number of hydrogen-bond donors (Lipinski definition) is 0. The van der Waals surface area contributed by atoms with Crippen LogP contribution >= 0.6 is 27.5 Å². The molecule has 4 heteroatoms. The van der Waals surface area contributed by atoms with Crippen molar-refractivity contribution >= 4 is 27.5 Å². The van der Waals surface area contributed by atoms with Crippen molar-refractivity contribution in [2.45, 2.75) is 6.42 Å². The van der Waals surface area contributed by atoms with Crippen molar-refractivity contribution < 1.29 is 9.13 Å². The van der Waals surface area contributed by atoms with E-state index in [0.29, 0.717) is 23.4 Å². The van der Waals surface area contributed by atoms with Gasteiger partial charge in [0.1, 0.15) is 0 Å². The molecule has 13 heavy (non-hydrogen) atoms. The van der Waals surface area contributed by atoms with E-state index in [9.17, 15) is 4.39 Å². The summed E-state index contributed by atoms with van der Waals surface area (Å²) in [4.78, 5) is 0. The molecule has 0 fully saturated rings. The highest BCUT2D eigenvalue weighted by Crippen LogP contribution is 2.24. The van der Waals surface area contributed by atoms with Crippen LogP contribution in [0.5, 0.6) is 5.75 Å². The van der Waals surface area contributed by atoms with Crippen LogP contribution in [-0.2, 0) is 0 Å². The van der Waals surface area contributed by atoms with Gasteiger partial charge in [0.25, 0.3) is 0 Å². The summed E-state index contributed by atoms with van der Waals surface area (Å²) in [5.41, 5.74) is 0. The lowest BCUT2D eigenvalue weighted by Gasteiger charge is -2.06. The molecule has 0 amide bonds. The fourth-order valence-corrected chi connectivity index (χ4v) is 1.29. The summed E-state index contributed by atoms with van der Waals surface area (Å²) in [5.74, 6) is 0.423. The highest BCUT2D eigenvalue weighted by Gasteiger charge is 2.05. The molecule has 0 saturated carbocycles. The number of halogens is 3. The predicted molar refractivity (Wildman–Crippen MR) is 54.9 cm³/mol. The summed E-state index contributed by atoms with van der Waals surface area (Å²) in [5, 5.41) is 0. The number of benzene rings is 1. The van der Waals surface area contributed by atoms with Gasteiger partial charge in [0.05, 0.1) is 11.1 Å². The van der Waals surface area contributed by atoms with E-state index in [4.69, 9.17) is 16.3 Å². The van der Waals surface area contributed by atoms with Crippen molar-refractivity contribution in [3.05, 3.63) is 28.5 Å². The third-order valence-electron chi connectivity index (χ3n) is 1.45. The van der Waals surface area contributed by atoms with Crippen molar-refractivity contribution in [1.29, 1.82) is 0 Å². The van der Waals surface area contributed by atoms with Gasteiger partial charge >= 0.3 is 0 Å². The molecule has 0 radical (unpaired) electrons. The Morgan fingerprint density at radius 2 is 2.23 bits per heavy atom. The van der Waals surface area contributed by atoms with Gasteiger partial charge in [-0.1, -0.05) is 6.07 Å². The van der Waals surface area contributed by atoms with Crippen molar-refractivity contribution in [2.75, 3.05) is 12.5 Å². The Morgan fingerprint density at radius 3 is 2.92 bits per heavy atom. The Balaban J connectivity index is 2.61. The molecule has 0 aliphatic heterocycles. The molecule has 0 aliphatic carbocycles. The largest absolute Gasteiger partial charge is 0.490 e. The Labute approximate surface area is 90.0 Å². The average molecular weight is 268 g/mol. The molecular weight excluding hydrogens is 258 g/mol. The van der Waals surface area contributed by atoms with Crippen LogP contribution in [0.25, 0.3) is 0 Å². The predicted octanol–water partition coefficient (Wildman–Crippen LogP) is 3.60. The van der Waals surface area contributed by atoms with Crippen LogP contribution in [0, 0.1) is 5.82 Å². The zero-order valence-corrected chi connectivity index (χ0v) is 9.24. The molecule has 1 aromatic carbocycles. The smallest absolute Gasteiger partial charge is 0.179 e. The topological polar surface area (TPSA) is 9.23 Å². The van der Waals surface area contributed by atoms with Crippen LogP contribution in [0.3, 0.4) is 0 Å². The van der Waals surface area contributed by atoms with Crippen LogP contribution in [0.4, 0.5) is 4.39 Å².